The molecule has 0 aliphatic heterocycles. The minimum absolute atomic E-state index is 0.0564. The fourth-order valence-corrected chi connectivity index (χ4v) is 4.15. The number of carbonyl (C=O) groups is 2. The van der Waals surface area contributed by atoms with Gasteiger partial charge in [0, 0.05) is 31.9 Å². The van der Waals surface area contributed by atoms with Crippen molar-refractivity contribution in [3.8, 4) is 0 Å². The highest BCUT2D eigenvalue weighted by atomic mass is 79.9. The van der Waals surface area contributed by atoms with E-state index in [0.717, 1.165) is 16.8 Å². The van der Waals surface area contributed by atoms with E-state index < -0.39 is 0 Å². The standard InChI is InChI=1S/C19H20BrN3O2S/c1-22(19(25)16-7-8-17(20)26-16)13-18(24)21-10-4-11-23-12-9-14-5-2-3-6-15(14)23/h2-3,5-9,12H,4,10-11,13H2,1H3,(H,21,24). The zero-order valence-corrected chi connectivity index (χ0v) is 16.8. The van der Waals surface area contributed by atoms with Crippen LogP contribution in [0.25, 0.3) is 10.9 Å². The van der Waals surface area contributed by atoms with E-state index in [9.17, 15) is 9.59 Å². The number of hydrogen-bond donors (Lipinski definition) is 1. The Balaban J connectivity index is 1.42. The number of thiophene rings is 1. The van der Waals surface area contributed by atoms with Crippen molar-refractivity contribution in [2.24, 2.45) is 0 Å². The summed E-state index contributed by atoms with van der Waals surface area (Å²) in [4.78, 5) is 26.3. The molecule has 0 bridgehead atoms. The van der Waals surface area contributed by atoms with Crippen molar-refractivity contribution in [3.63, 3.8) is 0 Å². The molecule has 0 saturated heterocycles. The molecule has 2 amide bonds. The van der Waals surface area contributed by atoms with E-state index in [-0.39, 0.29) is 18.4 Å². The third-order valence-corrected chi connectivity index (χ3v) is 5.70. The van der Waals surface area contributed by atoms with Crippen LogP contribution in [0.2, 0.25) is 0 Å². The van der Waals surface area contributed by atoms with Crippen LogP contribution in [0.5, 0.6) is 0 Å². The zero-order valence-electron chi connectivity index (χ0n) is 14.4. The highest BCUT2D eigenvalue weighted by molar-refractivity contribution is 9.11. The van der Waals surface area contributed by atoms with E-state index >= 15 is 0 Å². The van der Waals surface area contributed by atoms with Crippen molar-refractivity contribution in [2.75, 3.05) is 20.1 Å². The zero-order chi connectivity index (χ0) is 18.5. The maximum absolute atomic E-state index is 12.2. The SMILES string of the molecule is CN(CC(=O)NCCCn1ccc2ccccc21)C(=O)c1ccc(Br)s1. The second-order valence-corrected chi connectivity index (χ2v) is 8.50. The number of likely N-dealkylation sites (N-methyl/N-ethyl adjacent to an activating group) is 1. The first-order chi connectivity index (χ1) is 12.5. The second-order valence-electron chi connectivity index (χ2n) is 6.04. The van der Waals surface area contributed by atoms with Crippen LogP contribution in [0.15, 0.2) is 52.4 Å². The third kappa shape index (κ3) is 4.53. The molecule has 1 aromatic carbocycles. The first-order valence-corrected chi connectivity index (χ1v) is 9.97. The third-order valence-electron chi connectivity index (χ3n) is 4.09. The van der Waals surface area contributed by atoms with Crippen molar-refractivity contribution >= 4 is 50.0 Å². The average Bonchev–Trinajstić information content (AvgIpc) is 3.24. The predicted octanol–water partition coefficient (Wildman–Crippen LogP) is 3.74. The molecule has 0 spiro atoms. The normalized spacial score (nSPS) is 10.8. The van der Waals surface area contributed by atoms with Gasteiger partial charge < -0.3 is 14.8 Å². The Hall–Kier alpha value is -2.12. The first kappa shape index (κ1) is 18.7. The van der Waals surface area contributed by atoms with Gasteiger partial charge in [-0.3, -0.25) is 9.59 Å². The fourth-order valence-electron chi connectivity index (χ4n) is 2.77. The van der Waals surface area contributed by atoms with Crippen molar-refractivity contribution in [1.29, 1.82) is 0 Å². The highest BCUT2D eigenvalue weighted by Gasteiger charge is 2.16. The molecule has 0 saturated carbocycles. The van der Waals surface area contributed by atoms with Crippen molar-refractivity contribution in [2.45, 2.75) is 13.0 Å². The van der Waals surface area contributed by atoms with Gasteiger partial charge in [0.15, 0.2) is 0 Å². The van der Waals surface area contributed by atoms with E-state index in [2.05, 4.69) is 50.2 Å². The Kier molecular flexibility index (Phi) is 6.11. The summed E-state index contributed by atoms with van der Waals surface area (Å²) >= 11 is 4.70. The smallest absolute Gasteiger partial charge is 0.264 e. The van der Waals surface area contributed by atoms with Crippen LogP contribution >= 0.6 is 27.3 Å². The number of aromatic nitrogens is 1. The van der Waals surface area contributed by atoms with Crippen LogP contribution in [-0.2, 0) is 11.3 Å². The van der Waals surface area contributed by atoms with E-state index in [1.165, 1.54) is 27.1 Å². The Morgan fingerprint density at radius 2 is 2.00 bits per heavy atom. The number of nitrogens with zero attached hydrogens (tertiary/aromatic N) is 2. The number of fused-ring (bicyclic) bond motifs is 1. The lowest BCUT2D eigenvalue weighted by atomic mass is 10.2. The maximum Gasteiger partial charge on any atom is 0.264 e. The number of nitrogens with one attached hydrogen (secondary N) is 1. The van der Waals surface area contributed by atoms with Crippen LogP contribution in [0, 0.1) is 0 Å². The molecule has 0 radical (unpaired) electrons. The molecule has 26 heavy (non-hydrogen) atoms. The molecule has 7 heteroatoms. The van der Waals surface area contributed by atoms with Gasteiger partial charge in [0.2, 0.25) is 5.91 Å². The van der Waals surface area contributed by atoms with Gasteiger partial charge in [-0.2, -0.15) is 0 Å². The summed E-state index contributed by atoms with van der Waals surface area (Å²) in [5, 5.41) is 4.10. The summed E-state index contributed by atoms with van der Waals surface area (Å²) in [6.07, 6.45) is 2.90. The molecule has 2 aromatic heterocycles. The highest BCUT2D eigenvalue weighted by Crippen LogP contribution is 2.23. The van der Waals surface area contributed by atoms with E-state index in [4.69, 9.17) is 0 Å². The van der Waals surface area contributed by atoms with Crippen LogP contribution in [0.4, 0.5) is 0 Å². The number of hydrogen-bond acceptors (Lipinski definition) is 3. The molecule has 3 aromatic rings. The largest absolute Gasteiger partial charge is 0.354 e. The Bertz CT molecular complexity index is 918. The number of aryl methyl sites for hydroxylation is 1. The van der Waals surface area contributed by atoms with Gasteiger partial charge in [-0.1, -0.05) is 18.2 Å². The second kappa shape index (κ2) is 8.51. The van der Waals surface area contributed by atoms with Gasteiger partial charge >= 0.3 is 0 Å². The molecule has 0 fully saturated rings. The van der Waals surface area contributed by atoms with E-state index in [1.807, 2.05) is 18.2 Å². The maximum atomic E-state index is 12.2. The van der Waals surface area contributed by atoms with Gasteiger partial charge in [-0.15, -0.1) is 11.3 Å². The number of amides is 2. The molecular formula is C19H20BrN3O2S. The Morgan fingerprint density at radius 3 is 2.77 bits per heavy atom. The topological polar surface area (TPSA) is 54.3 Å². The lowest BCUT2D eigenvalue weighted by molar-refractivity contribution is -0.121. The number of halogens is 1. The molecule has 0 atom stereocenters. The first-order valence-electron chi connectivity index (χ1n) is 8.36. The Morgan fingerprint density at radius 1 is 1.19 bits per heavy atom. The minimum Gasteiger partial charge on any atom is -0.354 e. The molecule has 136 valence electrons. The minimum atomic E-state index is -0.145. The lowest BCUT2D eigenvalue weighted by Gasteiger charge is -2.16. The average molecular weight is 434 g/mol. The molecule has 0 unspecified atom stereocenters. The van der Waals surface area contributed by atoms with Crippen LogP contribution in [0.3, 0.4) is 0 Å². The number of para-hydroxylation sites is 1. The molecule has 1 N–H and O–H groups in total. The summed E-state index contributed by atoms with van der Waals surface area (Å²) in [5.41, 5.74) is 1.20. The monoisotopic (exact) mass is 433 g/mol. The van der Waals surface area contributed by atoms with Gasteiger partial charge in [-0.05, 0) is 52.0 Å². The van der Waals surface area contributed by atoms with Crippen LogP contribution in [0.1, 0.15) is 16.1 Å². The predicted molar refractivity (Wildman–Crippen MR) is 109 cm³/mol. The van der Waals surface area contributed by atoms with Crippen molar-refractivity contribution < 1.29 is 9.59 Å². The summed E-state index contributed by atoms with van der Waals surface area (Å²) in [5.74, 6) is -0.288. The van der Waals surface area contributed by atoms with E-state index in [1.54, 1.807) is 13.1 Å². The molecule has 0 aliphatic carbocycles. The van der Waals surface area contributed by atoms with Gasteiger partial charge in [0.1, 0.15) is 0 Å². The lowest BCUT2D eigenvalue weighted by Crippen LogP contribution is -2.38. The van der Waals surface area contributed by atoms with Gasteiger partial charge in [-0.25, -0.2) is 0 Å². The van der Waals surface area contributed by atoms with Crippen molar-refractivity contribution in [1.82, 2.24) is 14.8 Å². The molecule has 2 heterocycles. The van der Waals surface area contributed by atoms with Crippen molar-refractivity contribution in [3.05, 3.63) is 57.3 Å². The molecule has 5 nitrogen and oxygen atoms in total. The quantitative estimate of drug-likeness (QED) is 0.576. The number of rotatable bonds is 7. The van der Waals surface area contributed by atoms with Gasteiger partial charge in [0.25, 0.3) is 5.91 Å². The van der Waals surface area contributed by atoms with Crippen LogP contribution < -0.4 is 5.32 Å². The number of carbonyl (C=O) groups excluding carboxylic acids is 2. The fraction of sp³-hybridized carbons (Fsp3) is 0.263. The van der Waals surface area contributed by atoms with Gasteiger partial charge in [0.05, 0.1) is 15.2 Å². The summed E-state index contributed by atoms with van der Waals surface area (Å²) in [7, 11) is 1.64. The number of benzene rings is 1. The molecule has 3 rings (SSSR count). The summed E-state index contributed by atoms with van der Waals surface area (Å²) in [6.45, 7) is 1.48. The Labute approximate surface area is 164 Å². The summed E-state index contributed by atoms with van der Waals surface area (Å²) in [6, 6.07) is 13.9. The summed E-state index contributed by atoms with van der Waals surface area (Å²) < 4.78 is 3.09. The molecule has 0 aliphatic rings. The van der Waals surface area contributed by atoms with Crippen LogP contribution in [-0.4, -0.2) is 41.4 Å². The van der Waals surface area contributed by atoms with E-state index in [0.29, 0.717) is 11.4 Å². The molecular weight excluding hydrogens is 414 g/mol.